The lowest BCUT2D eigenvalue weighted by Crippen LogP contribution is -2.42. The van der Waals surface area contributed by atoms with E-state index in [1.807, 2.05) is 5.32 Å². The molecule has 4 amide bonds. The highest BCUT2D eigenvalue weighted by Crippen LogP contribution is 2.27. The first-order valence-corrected chi connectivity index (χ1v) is 5.28. The number of hydrogen-bond donors (Lipinski definition) is 4. The summed E-state index contributed by atoms with van der Waals surface area (Å²) < 4.78 is 5.25. The normalized spacial score (nSPS) is 11.4. The molecule has 0 bridgehead atoms. The number of primary amides is 2. The van der Waals surface area contributed by atoms with Gasteiger partial charge >= 0.3 is 6.03 Å². The van der Waals surface area contributed by atoms with Crippen LogP contribution in [0.1, 0.15) is 17.3 Å². The standard InChI is InChI=1S/C11H14N4O4/c1-5(10(17)15-11(14)18)19-8-6(9(13)16)3-2-4-7(8)12/h2-5H,12H2,1H3,(H2,13,16)(H3,14,15,17,18). The Labute approximate surface area is 108 Å². The van der Waals surface area contributed by atoms with Gasteiger partial charge in [-0.3, -0.25) is 14.9 Å². The number of ether oxygens (including phenoxy) is 1. The molecule has 1 atom stereocenters. The van der Waals surface area contributed by atoms with E-state index >= 15 is 0 Å². The van der Waals surface area contributed by atoms with Crippen molar-refractivity contribution in [3.05, 3.63) is 23.8 Å². The van der Waals surface area contributed by atoms with Gasteiger partial charge in [-0.05, 0) is 19.1 Å². The van der Waals surface area contributed by atoms with E-state index in [9.17, 15) is 14.4 Å². The van der Waals surface area contributed by atoms with Gasteiger partial charge in [-0.25, -0.2) is 4.79 Å². The molecule has 1 aromatic carbocycles. The van der Waals surface area contributed by atoms with Crippen molar-refractivity contribution in [2.45, 2.75) is 13.0 Å². The Kier molecular flexibility index (Phi) is 4.30. The number of benzene rings is 1. The van der Waals surface area contributed by atoms with Gasteiger partial charge in [0.1, 0.15) is 0 Å². The number of rotatable bonds is 4. The summed E-state index contributed by atoms with van der Waals surface area (Å²) in [6, 6.07) is 3.42. The van der Waals surface area contributed by atoms with E-state index in [-0.39, 0.29) is 17.0 Å². The third-order valence-corrected chi connectivity index (χ3v) is 2.22. The third kappa shape index (κ3) is 3.60. The first-order valence-electron chi connectivity index (χ1n) is 5.28. The number of urea groups is 1. The fourth-order valence-corrected chi connectivity index (χ4v) is 1.33. The zero-order chi connectivity index (χ0) is 14.6. The van der Waals surface area contributed by atoms with Gasteiger partial charge in [0.05, 0.1) is 11.3 Å². The number of carbonyl (C=O) groups excluding carboxylic acids is 3. The Morgan fingerprint density at radius 1 is 1.26 bits per heavy atom. The van der Waals surface area contributed by atoms with Crippen molar-refractivity contribution >= 4 is 23.5 Å². The number of nitrogen functional groups attached to an aromatic ring is 1. The molecule has 0 spiro atoms. The van der Waals surface area contributed by atoms with E-state index in [0.717, 1.165) is 0 Å². The summed E-state index contributed by atoms with van der Waals surface area (Å²) in [6.07, 6.45) is -1.07. The average molecular weight is 266 g/mol. The van der Waals surface area contributed by atoms with Crippen molar-refractivity contribution in [3.8, 4) is 5.75 Å². The predicted octanol–water partition coefficient (Wildman–Crippen LogP) is -0.670. The fourth-order valence-electron chi connectivity index (χ4n) is 1.33. The van der Waals surface area contributed by atoms with Crippen LogP contribution in [0.4, 0.5) is 10.5 Å². The molecule has 0 radical (unpaired) electrons. The minimum absolute atomic E-state index is 0.0119. The highest BCUT2D eigenvalue weighted by atomic mass is 16.5. The Balaban J connectivity index is 2.96. The molecule has 0 saturated heterocycles. The van der Waals surface area contributed by atoms with Gasteiger partial charge in [-0.15, -0.1) is 0 Å². The molecule has 0 aromatic heterocycles. The van der Waals surface area contributed by atoms with Crippen LogP contribution in [-0.4, -0.2) is 23.9 Å². The lowest BCUT2D eigenvalue weighted by molar-refractivity contribution is -0.126. The van der Waals surface area contributed by atoms with Crippen LogP contribution in [-0.2, 0) is 4.79 Å². The second kappa shape index (κ2) is 5.71. The van der Waals surface area contributed by atoms with E-state index in [0.29, 0.717) is 0 Å². The number of nitrogens with two attached hydrogens (primary N) is 3. The summed E-state index contributed by atoms with van der Waals surface area (Å²) in [5.41, 5.74) is 15.8. The molecule has 7 N–H and O–H groups in total. The van der Waals surface area contributed by atoms with Crippen molar-refractivity contribution < 1.29 is 19.1 Å². The van der Waals surface area contributed by atoms with Crippen LogP contribution in [0.25, 0.3) is 0 Å². The zero-order valence-electron chi connectivity index (χ0n) is 10.2. The van der Waals surface area contributed by atoms with Crippen molar-refractivity contribution in [1.82, 2.24) is 5.32 Å². The Bertz CT molecular complexity index is 529. The third-order valence-electron chi connectivity index (χ3n) is 2.22. The van der Waals surface area contributed by atoms with Crippen LogP contribution in [0.5, 0.6) is 5.75 Å². The minimum Gasteiger partial charge on any atom is -0.478 e. The summed E-state index contributed by atoms with van der Waals surface area (Å²) in [7, 11) is 0. The quantitative estimate of drug-likeness (QED) is 0.533. The second-order valence-electron chi connectivity index (χ2n) is 3.70. The van der Waals surface area contributed by atoms with E-state index < -0.39 is 23.9 Å². The van der Waals surface area contributed by atoms with Crippen molar-refractivity contribution in [3.63, 3.8) is 0 Å². The molecule has 0 heterocycles. The second-order valence-corrected chi connectivity index (χ2v) is 3.70. The van der Waals surface area contributed by atoms with Gasteiger partial charge in [-0.2, -0.15) is 0 Å². The lowest BCUT2D eigenvalue weighted by Gasteiger charge is -2.16. The van der Waals surface area contributed by atoms with E-state index in [1.165, 1.54) is 25.1 Å². The number of carbonyl (C=O) groups is 3. The molecule has 1 aromatic rings. The number of nitrogens with one attached hydrogen (secondary N) is 1. The molecule has 0 saturated carbocycles. The molecular formula is C11H14N4O4. The highest BCUT2D eigenvalue weighted by molar-refractivity contribution is 5.98. The summed E-state index contributed by atoms with van der Waals surface area (Å²) in [5.74, 6) is -1.52. The highest BCUT2D eigenvalue weighted by Gasteiger charge is 2.20. The van der Waals surface area contributed by atoms with Crippen molar-refractivity contribution in [2.24, 2.45) is 11.5 Å². The Morgan fingerprint density at radius 2 is 1.89 bits per heavy atom. The van der Waals surface area contributed by atoms with E-state index in [4.69, 9.17) is 21.9 Å². The van der Waals surface area contributed by atoms with Crippen LogP contribution in [0.2, 0.25) is 0 Å². The number of anilines is 1. The van der Waals surface area contributed by atoms with Crippen LogP contribution in [0, 0.1) is 0 Å². The van der Waals surface area contributed by atoms with Gasteiger partial charge in [0, 0.05) is 0 Å². The van der Waals surface area contributed by atoms with Crippen molar-refractivity contribution in [2.75, 3.05) is 5.73 Å². The molecule has 1 unspecified atom stereocenters. The summed E-state index contributed by atoms with van der Waals surface area (Å²) >= 11 is 0. The number of hydrogen-bond acceptors (Lipinski definition) is 5. The number of para-hydroxylation sites is 1. The van der Waals surface area contributed by atoms with Gasteiger partial charge < -0.3 is 21.9 Å². The molecule has 0 aliphatic rings. The SMILES string of the molecule is CC(Oc1c(N)cccc1C(N)=O)C(=O)NC(N)=O. The fraction of sp³-hybridized carbons (Fsp3) is 0.182. The summed E-state index contributed by atoms with van der Waals surface area (Å²) in [5, 5.41) is 1.85. The maximum Gasteiger partial charge on any atom is 0.318 e. The molecule has 19 heavy (non-hydrogen) atoms. The summed E-state index contributed by atoms with van der Waals surface area (Å²) in [4.78, 5) is 33.2. The number of amides is 4. The maximum atomic E-state index is 11.5. The Morgan fingerprint density at radius 3 is 2.42 bits per heavy atom. The first kappa shape index (κ1) is 14.3. The molecule has 0 fully saturated rings. The smallest absolute Gasteiger partial charge is 0.318 e. The van der Waals surface area contributed by atoms with Crippen LogP contribution < -0.4 is 27.3 Å². The Hall–Kier alpha value is -2.77. The molecule has 0 aliphatic heterocycles. The molecule has 102 valence electrons. The average Bonchev–Trinajstić information content (AvgIpc) is 2.30. The zero-order valence-corrected chi connectivity index (χ0v) is 10.2. The predicted molar refractivity (Wildman–Crippen MR) is 67.2 cm³/mol. The van der Waals surface area contributed by atoms with Crippen LogP contribution >= 0.6 is 0 Å². The maximum absolute atomic E-state index is 11.5. The van der Waals surface area contributed by atoms with Crippen molar-refractivity contribution in [1.29, 1.82) is 0 Å². The largest absolute Gasteiger partial charge is 0.478 e. The van der Waals surface area contributed by atoms with E-state index in [2.05, 4.69) is 0 Å². The minimum atomic E-state index is -1.07. The molecule has 8 heteroatoms. The topological polar surface area (TPSA) is 151 Å². The number of imide groups is 1. The lowest BCUT2D eigenvalue weighted by atomic mass is 10.1. The molecule has 8 nitrogen and oxygen atoms in total. The van der Waals surface area contributed by atoms with Crippen LogP contribution in [0.15, 0.2) is 18.2 Å². The van der Waals surface area contributed by atoms with E-state index in [1.54, 1.807) is 0 Å². The summed E-state index contributed by atoms with van der Waals surface area (Å²) in [6.45, 7) is 1.37. The van der Waals surface area contributed by atoms with Gasteiger partial charge in [-0.1, -0.05) is 6.07 Å². The van der Waals surface area contributed by atoms with Crippen LogP contribution in [0.3, 0.4) is 0 Å². The van der Waals surface area contributed by atoms with Gasteiger partial charge in [0.25, 0.3) is 11.8 Å². The van der Waals surface area contributed by atoms with Gasteiger partial charge in [0.15, 0.2) is 11.9 Å². The molecular weight excluding hydrogens is 252 g/mol. The first-order chi connectivity index (χ1) is 8.82. The van der Waals surface area contributed by atoms with Gasteiger partial charge in [0.2, 0.25) is 0 Å². The monoisotopic (exact) mass is 266 g/mol. The molecule has 1 rings (SSSR count). The molecule has 0 aliphatic carbocycles.